The minimum Gasteiger partial charge on any atom is -0.326 e. The standard InChI is InChI=1S/C20H25N/c1-15-7-8-19(14-21)20(13-15)18-11-9-17(10-12-18)16-5-3-2-4-6-16/h7-13,16H,2-6,14,21H2,1H3. The van der Waals surface area contributed by atoms with Crippen molar-refractivity contribution in [2.45, 2.75) is 51.5 Å². The van der Waals surface area contributed by atoms with Gasteiger partial charge in [-0.15, -0.1) is 0 Å². The van der Waals surface area contributed by atoms with E-state index in [2.05, 4.69) is 49.4 Å². The lowest BCUT2D eigenvalue weighted by Crippen LogP contribution is -2.04. The molecule has 21 heavy (non-hydrogen) atoms. The van der Waals surface area contributed by atoms with Gasteiger partial charge < -0.3 is 5.73 Å². The van der Waals surface area contributed by atoms with Gasteiger partial charge in [-0.05, 0) is 47.9 Å². The van der Waals surface area contributed by atoms with Crippen LogP contribution in [-0.2, 0) is 6.54 Å². The molecule has 3 rings (SSSR count). The molecule has 1 aliphatic carbocycles. The fourth-order valence-electron chi connectivity index (χ4n) is 3.51. The first kappa shape index (κ1) is 14.3. The molecule has 0 radical (unpaired) electrons. The Morgan fingerprint density at radius 2 is 1.67 bits per heavy atom. The highest BCUT2D eigenvalue weighted by Gasteiger charge is 2.15. The molecule has 0 saturated heterocycles. The van der Waals surface area contributed by atoms with Crippen LogP contribution in [0.1, 0.15) is 54.7 Å². The Balaban J connectivity index is 1.88. The Morgan fingerprint density at radius 3 is 2.33 bits per heavy atom. The maximum Gasteiger partial charge on any atom is 0.0184 e. The van der Waals surface area contributed by atoms with Crippen molar-refractivity contribution in [1.29, 1.82) is 0 Å². The quantitative estimate of drug-likeness (QED) is 0.824. The lowest BCUT2D eigenvalue weighted by atomic mass is 9.83. The summed E-state index contributed by atoms with van der Waals surface area (Å²) in [7, 11) is 0. The Kier molecular flexibility index (Phi) is 4.40. The topological polar surface area (TPSA) is 26.0 Å². The van der Waals surface area contributed by atoms with Crippen molar-refractivity contribution in [2.24, 2.45) is 5.73 Å². The SMILES string of the molecule is Cc1ccc(CN)c(-c2ccc(C3CCCCC3)cc2)c1. The summed E-state index contributed by atoms with van der Waals surface area (Å²) >= 11 is 0. The van der Waals surface area contributed by atoms with Gasteiger partial charge in [0.05, 0.1) is 0 Å². The molecule has 2 aromatic carbocycles. The van der Waals surface area contributed by atoms with Crippen molar-refractivity contribution in [3.8, 4) is 11.1 Å². The molecule has 0 heterocycles. The molecular formula is C20H25N. The van der Waals surface area contributed by atoms with Crippen LogP contribution in [0.3, 0.4) is 0 Å². The first-order chi connectivity index (χ1) is 10.3. The van der Waals surface area contributed by atoms with Gasteiger partial charge in [-0.2, -0.15) is 0 Å². The van der Waals surface area contributed by atoms with E-state index in [-0.39, 0.29) is 0 Å². The largest absolute Gasteiger partial charge is 0.326 e. The maximum atomic E-state index is 5.88. The maximum absolute atomic E-state index is 5.88. The fourth-order valence-corrected chi connectivity index (χ4v) is 3.51. The first-order valence-electron chi connectivity index (χ1n) is 8.18. The minimum absolute atomic E-state index is 0.597. The molecule has 1 nitrogen and oxygen atoms in total. The number of aryl methyl sites for hydroxylation is 1. The highest BCUT2D eigenvalue weighted by atomic mass is 14.5. The molecule has 0 aliphatic heterocycles. The molecule has 0 unspecified atom stereocenters. The predicted molar refractivity (Wildman–Crippen MR) is 90.3 cm³/mol. The molecule has 0 atom stereocenters. The van der Waals surface area contributed by atoms with Crippen LogP contribution in [0, 0.1) is 6.92 Å². The van der Waals surface area contributed by atoms with Gasteiger partial charge in [-0.25, -0.2) is 0 Å². The van der Waals surface area contributed by atoms with Crippen LogP contribution in [-0.4, -0.2) is 0 Å². The monoisotopic (exact) mass is 279 g/mol. The summed E-state index contributed by atoms with van der Waals surface area (Å²) in [5.74, 6) is 0.777. The zero-order valence-corrected chi connectivity index (χ0v) is 12.9. The normalized spacial score (nSPS) is 16.1. The predicted octanol–water partition coefficient (Wildman–Crippen LogP) is 5.17. The van der Waals surface area contributed by atoms with E-state index in [0.717, 1.165) is 5.92 Å². The van der Waals surface area contributed by atoms with Gasteiger partial charge in [0, 0.05) is 6.54 Å². The Labute approximate surface area is 128 Å². The number of benzene rings is 2. The lowest BCUT2D eigenvalue weighted by Gasteiger charge is -2.22. The molecular weight excluding hydrogens is 254 g/mol. The Bertz CT molecular complexity index is 592. The number of nitrogens with two attached hydrogens (primary N) is 1. The van der Waals surface area contributed by atoms with Gasteiger partial charge in [0.2, 0.25) is 0 Å². The summed E-state index contributed by atoms with van der Waals surface area (Å²) < 4.78 is 0. The minimum atomic E-state index is 0.597. The summed E-state index contributed by atoms with van der Waals surface area (Å²) in [6.07, 6.45) is 6.91. The van der Waals surface area contributed by atoms with Crippen LogP contribution < -0.4 is 5.73 Å². The van der Waals surface area contributed by atoms with E-state index in [1.54, 1.807) is 0 Å². The molecule has 0 spiro atoms. The van der Waals surface area contributed by atoms with Crippen LogP contribution >= 0.6 is 0 Å². The number of rotatable bonds is 3. The first-order valence-corrected chi connectivity index (χ1v) is 8.18. The van der Waals surface area contributed by atoms with E-state index in [1.165, 1.54) is 59.9 Å². The summed E-state index contributed by atoms with van der Waals surface area (Å²) in [5, 5.41) is 0. The number of hydrogen-bond donors (Lipinski definition) is 1. The van der Waals surface area contributed by atoms with Crippen LogP contribution in [0.25, 0.3) is 11.1 Å². The number of hydrogen-bond acceptors (Lipinski definition) is 1. The summed E-state index contributed by atoms with van der Waals surface area (Å²) in [6.45, 7) is 2.74. The van der Waals surface area contributed by atoms with Crippen molar-refractivity contribution < 1.29 is 0 Å². The molecule has 0 bridgehead atoms. The molecule has 0 aromatic heterocycles. The van der Waals surface area contributed by atoms with Gasteiger partial charge in [0.1, 0.15) is 0 Å². The van der Waals surface area contributed by atoms with Gasteiger partial charge in [-0.1, -0.05) is 67.3 Å². The molecule has 1 fully saturated rings. The van der Waals surface area contributed by atoms with E-state index < -0.39 is 0 Å². The Hall–Kier alpha value is -1.60. The third kappa shape index (κ3) is 3.19. The van der Waals surface area contributed by atoms with Crippen LogP contribution in [0.2, 0.25) is 0 Å². The van der Waals surface area contributed by atoms with Crippen molar-refractivity contribution in [3.05, 3.63) is 59.2 Å². The smallest absolute Gasteiger partial charge is 0.0184 e. The fraction of sp³-hybridized carbons (Fsp3) is 0.400. The van der Waals surface area contributed by atoms with Crippen LogP contribution in [0.4, 0.5) is 0 Å². The van der Waals surface area contributed by atoms with Crippen LogP contribution in [0.5, 0.6) is 0 Å². The van der Waals surface area contributed by atoms with Gasteiger partial charge in [-0.3, -0.25) is 0 Å². The lowest BCUT2D eigenvalue weighted by molar-refractivity contribution is 0.443. The third-order valence-corrected chi connectivity index (χ3v) is 4.78. The molecule has 1 aliphatic rings. The Morgan fingerprint density at radius 1 is 0.952 bits per heavy atom. The zero-order valence-electron chi connectivity index (χ0n) is 12.9. The highest BCUT2D eigenvalue weighted by Crippen LogP contribution is 2.34. The highest BCUT2D eigenvalue weighted by molar-refractivity contribution is 5.68. The molecule has 1 saturated carbocycles. The third-order valence-electron chi connectivity index (χ3n) is 4.78. The average Bonchev–Trinajstić information content (AvgIpc) is 2.56. The van der Waals surface area contributed by atoms with E-state index in [1.807, 2.05) is 0 Å². The van der Waals surface area contributed by atoms with E-state index in [9.17, 15) is 0 Å². The molecule has 2 N–H and O–H groups in total. The summed E-state index contributed by atoms with van der Waals surface area (Å²) in [5.41, 5.74) is 12.5. The second-order valence-electron chi connectivity index (χ2n) is 6.32. The molecule has 2 aromatic rings. The van der Waals surface area contributed by atoms with Crippen molar-refractivity contribution in [3.63, 3.8) is 0 Å². The molecule has 110 valence electrons. The second-order valence-corrected chi connectivity index (χ2v) is 6.32. The van der Waals surface area contributed by atoms with E-state index in [0.29, 0.717) is 6.54 Å². The average molecular weight is 279 g/mol. The van der Waals surface area contributed by atoms with Gasteiger partial charge in [0.15, 0.2) is 0 Å². The van der Waals surface area contributed by atoms with E-state index in [4.69, 9.17) is 5.73 Å². The second kappa shape index (κ2) is 6.44. The summed E-state index contributed by atoms with van der Waals surface area (Å²) in [4.78, 5) is 0. The van der Waals surface area contributed by atoms with Crippen LogP contribution in [0.15, 0.2) is 42.5 Å². The van der Waals surface area contributed by atoms with Crippen molar-refractivity contribution >= 4 is 0 Å². The molecule has 0 amide bonds. The summed E-state index contributed by atoms with van der Waals surface area (Å²) in [6, 6.07) is 15.7. The van der Waals surface area contributed by atoms with Crippen molar-refractivity contribution in [2.75, 3.05) is 0 Å². The molecule has 1 heteroatoms. The zero-order chi connectivity index (χ0) is 14.7. The van der Waals surface area contributed by atoms with Gasteiger partial charge >= 0.3 is 0 Å². The van der Waals surface area contributed by atoms with Gasteiger partial charge in [0.25, 0.3) is 0 Å². The van der Waals surface area contributed by atoms with Crippen molar-refractivity contribution in [1.82, 2.24) is 0 Å². The van der Waals surface area contributed by atoms with E-state index >= 15 is 0 Å².